The molecule has 1 atom stereocenters. The van der Waals surface area contributed by atoms with Crippen LogP contribution >= 0.6 is 0 Å². The molecule has 0 amide bonds. The van der Waals surface area contributed by atoms with Crippen LogP contribution < -0.4 is 0 Å². The molecular formula is C7H9NO2S. The molecule has 0 radical (unpaired) electrons. The van der Waals surface area contributed by atoms with E-state index in [-0.39, 0.29) is 6.61 Å². The Kier molecular flexibility index (Phi) is 3.35. The molecule has 1 heterocycles. The maximum absolute atomic E-state index is 11.2. The molecule has 0 aliphatic carbocycles. The molecule has 0 spiro atoms. The highest BCUT2D eigenvalue weighted by Crippen LogP contribution is 2.07. The summed E-state index contributed by atoms with van der Waals surface area (Å²) in [5.41, 5.74) is 0. The van der Waals surface area contributed by atoms with Crippen molar-refractivity contribution in [1.29, 1.82) is 0 Å². The first kappa shape index (κ1) is 8.52. The van der Waals surface area contributed by atoms with E-state index in [2.05, 4.69) is 4.98 Å². The van der Waals surface area contributed by atoms with Gasteiger partial charge < -0.3 is 9.66 Å². The van der Waals surface area contributed by atoms with Crippen LogP contribution in [0.2, 0.25) is 0 Å². The van der Waals surface area contributed by atoms with Crippen molar-refractivity contribution in [3.8, 4) is 0 Å². The second-order valence-electron chi connectivity index (χ2n) is 1.96. The Balaban J connectivity index is 2.61. The Morgan fingerprint density at radius 2 is 2.09 bits per heavy atom. The fraction of sp³-hybridized carbons (Fsp3) is 0.286. The van der Waals surface area contributed by atoms with Gasteiger partial charge in [0.2, 0.25) is 0 Å². The van der Waals surface area contributed by atoms with E-state index < -0.39 is 11.2 Å². The predicted molar refractivity (Wildman–Crippen MR) is 42.6 cm³/mol. The van der Waals surface area contributed by atoms with Crippen molar-refractivity contribution in [2.24, 2.45) is 0 Å². The molecule has 0 saturated carbocycles. The van der Waals surface area contributed by atoms with Crippen LogP contribution in [0.15, 0.2) is 29.4 Å². The number of aliphatic hydroxyl groups is 1. The smallest absolute Gasteiger partial charge is 0.155 e. The molecule has 1 N–H and O–H groups in total. The van der Waals surface area contributed by atoms with Crippen LogP contribution in [-0.2, 0) is 11.2 Å². The minimum Gasteiger partial charge on any atom is -0.611 e. The molecule has 0 aliphatic heterocycles. The number of pyridine rings is 1. The standard InChI is InChI=1S/C7H9NO2S/c9-5-6-11(10)7-1-3-8-4-2-7/h1-4,9H,5-6H2. The highest BCUT2D eigenvalue weighted by atomic mass is 32.2. The van der Waals surface area contributed by atoms with Gasteiger partial charge in [0.05, 0.1) is 6.61 Å². The summed E-state index contributed by atoms with van der Waals surface area (Å²) in [7, 11) is 0. The second kappa shape index (κ2) is 4.33. The van der Waals surface area contributed by atoms with Crippen molar-refractivity contribution in [2.45, 2.75) is 4.90 Å². The molecule has 1 rings (SSSR count). The maximum atomic E-state index is 11.2. The van der Waals surface area contributed by atoms with Crippen LogP contribution in [0.5, 0.6) is 0 Å². The van der Waals surface area contributed by atoms with Gasteiger partial charge in [0.25, 0.3) is 0 Å². The molecule has 1 aromatic heterocycles. The van der Waals surface area contributed by atoms with Gasteiger partial charge in [-0.3, -0.25) is 4.98 Å². The third-order valence-electron chi connectivity index (χ3n) is 1.19. The Morgan fingerprint density at radius 1 is 1.45 bits per heavy atom. The summed E-state index contributed by atoms with van der Waals surface area (Å²) < 4.78 is 11.2. The number of rotatable bonds is 3. The van der Waals surface area contributed by atoms with Gasteiger partial charge in [-0.05, 0) is 11.2 Å². The fourth-order valence-corrected chi connectivity index (χ4v) is 1.52. The SMILES string of the molecule is [O-][S+](CCO)c1ccncc1. The molecule has 3 nitrogen and oxygen atoms in total. The van der Waals surface area contributed by atoms with Crippen LogP contribution in [0.1, 0.15) is 0 Å². The highest BCUT2D eigenvalue weighted by molar-refractivity contribution is 7.91. The predicted octanol–water partition coefficient (Wildman–Crippen LogP) is 0.182. The lowest BCUT2D eigenvalue weighted by Crippen LogP contribution is -2.09. The first-order valence-electron chi connectivity index (χ1n) is 3.24. The van der Waals surface area contributed by atoms with Gasteiger partial charge in [-0.25, -0.2) is 0 Å². The summed E-state index contributed by atoms with van der Waals surface area (Å²) in [5.74, 6) is 0.296. The van der Waals surface area contributed by atoms with Crippen molar-refractivity contribution >= 4 is 11.2 Å². The lowest BCUT2D eigenvalue weighted by molar-refractivity contribution is 0.319. The molecule has 0 aliphatic rings. The van der Waals surface area contributed by atoms with Gasteiger partial charge in [-0.1, -0.05) is 0 Å². The summed E-state index contributed by atoms with van der Waals surface area (Å²) in [4.78, 5) is 4.51. The zero-order valence-corrected chi connectivity index (χ0v) is 6.75. The van der Waals surface area contributed by atoms with E-state index in [9.17, 15) is 4.55 Å². The van der Waals surface area contributed by atoms with Crippen molar-refractivity contribution in [3.05, 3.63) is 24.5 Å². The molecule has 60 valence electrons. The van der Waals surface area contributed by atoms with Crippen LogP contribution in [-0.4, -0.2) is 27.0 Å². The average Bonchev–Trinajstić information content (AvgIpc) is 2.07. The molecule has 1 unspecified atom stereocenters. The number of nitrogens with zero attached hydrogens (tertiary/aromatic N) is 1. The maximum Gasteiger partial charge on any atom is 0.155 e. The molecule has 0 saturated heterocycles. The molecule has 4 heteroatoms. The first-order valence-corrected chi connectivity index (χ1v) is 4.56. The molecule has 0 fully saturated rings. The third kappa shape index (κ3) is 2.49. The summed E-state index contributed by atoms with van der Waals surface area (Å²) >= 11 is -1.07. The Morgan fingerprint density at radius 3 is 2.64 bits per heavy atom. The molecule has 0 aromatic carbocycles. The van der Waals surface area contributed by atoms with E-state index in [1.54, 1.807) is 24.5 Å². The number of hydrogen-bond donors (Lipinski definition) is 1. The van der Waals surface area contributed by atoms with E-state index >= 15 is 0 Å². The molecular weight excluding hydrogens is 162 g/mol. The summed E-state index contributed by atoms with van der Waals surface area (Å²) in [6.45, 7) is -0.0467. The van der Waals surface area contributed by atoms with Gasteiger partial charge >= 0.3 is 0 Å². The third-order valence-corrected chi connectivity index (χ3v) is 2.54. The van der Waals surface area contributed by atoms with Crippen molar-refractivity contribution in [2.75, 3.05) is 12.4 Å². The van der Waals surface area contributed by atoms with Crippen LogP contribution in [0.3, 0.4) is 0 Å². The van der Waals surface area contributed by atoms with E-state index in [0.717, 1.165) is 0 Å². The topological polar surface area (TPSA) is 56.2 Å². The number of aliphatic hydroxyl groups excluding tert-OH is 1. The Labute approximate surface area is 68.3 Å². The lowest BCUT2D eigenvalue weighted by Gasteiger charge is -2.06. The van der Waals surface area contributed by atoms with E-state index in [0.29, 0.717) is 10.6 Å². The van der Waals surface area contributed by atoms with Gasteiger partial charge in [0.15, 0.2) is 4.90 Å². The van der Waals surface area contributed by atoms with E-state index in [1.165, 1.54) is 0 Å². The zero-order valence-electron chi connectivity index (χ0n) is 5.93. The lowest BCUT2D eigenvalue weighted by atomic mass is 10.5. The first-order chi connectivity index (χ1) is 5.34. The number of aromatic nitrogens is 1. The fourth-order valence-electron chi connectivity index (χ4n) is 0.691. The van der Waals surface area contributed by atoms with Gasteiger partial charge in [0.1, 0.15) is 5.75 Å². The zero-order chi connectivity index (χ0) is 8.10. The molecule has 11 heavy (non-hydrogen) atoms. The minimum absolute atomic E-state index is 0.0467. The summed E-state index contributed by atoms with van der Waals surface area (Å²) in [5, 5.41) is 8.49. The summed E-state index contributed by atoms with van der Waals surface area (Å²) in [6, 6.07) is 3.37. The van der Waals surface area contributed by atoms with Gasteiger partial charge in [0, 0.05) is 24.5 Å². The quantitative estimate of drug-likeness (QED) is 0.660. The van der Waals surface area contributed by atoms with E-state index in [1.807, 2.05) is 0 Å². The van der Waals surface area contributed by atoms with Gasteiger partial charge in [-0.15, -0.1) is 0 Å². The highest BCUT2D eigenvalue weighted by Gasteiger charge is 2.07. The second-order valence-corrected chi connectivity index (χ2v) is 3.53. The van der Waals surface area contributed by atoms with Crippen molar-refractivity contribution in [3.63, 3.8) is 0 Å². The average molecular weight is 171 g/mol. The van der Waals surface area contributed by atoms with Gasteiger partial charge in [-0.2, -0.15) is 0 Å². The van der Waals surface area contributed by atoms with Crippen LogP contribution in [0.4, 0.5) is 0 Å². The normalized spacial score (nSPS) is 12.9. The Bertz CT molecular complexity index is 205. The van der Waals surface area contributed by atoms with Crippen molar-refractivity contribution < 1.29 is 9.66 Å². The largest absolute Gasteiger partial charge is 0.611 e. The monoisotopic (exact) mass is 171 g/mol. The summed E-state index contributed by atoms with van der Waals surface area (Å²) in [6.07, 6.45) is 3.18. The van der Waals surface area contributed by atoms with Crippen LogP contribution in [0, 0.1) is 0 Å². The molecule has 1 aromatic rings. The van der Waals surface area contributed by atoms with Crippen LogP contribution in [0.25, 0.3) is 0 Å². The molecule has 0 bridgehead atoms. The van der Waals surface area contributed by atoms with Crippen molar-refractivity contribution in [1.82, 2.24) is 4.98 Å². The Hall–Kier alpha value is -0.580. The van der Waals surface area contributed by atoms with E-state index in [4.69, 9.17) is 5.11 Å². The number of hydrogen-bond acceptors (Lipinski definition) is 3. The minimum atomic E-state index is -1.07.